The Morgan fingerprint density at radius 3 is 2.78 bits per heavy atom. The summed E-state index contributed by atoms with van der Waals surface area (Å²) in [7, 11) is 0. The summed E-state index contributed by atoms with van der Waals surface area (Å²) < 4.78 is 19.0. The highest BCUT2D eigenvalue weighted by Crippen LogP contribution is 2.35. The quantitative estimate of drug-likeness (QED) is 0.686. The first-order valence-corrected chi connectivity index (χ1v) is 6.34. The minimum atomic E-state index is -0.690. The van der Waals surface area contributed by atoms with E-state index in [-0.39, 0.29) is 28.1 Å². The fourth-order valence-corrected chi connectivity index (χ4v) is 2.34. The Kier molecular flexibility index (Phi) is 3.82. The molecule has 18 heavy (non-hydrogen) atoms. The Hall–Kier alpha value is -1.21. The molecule has 5 nitrogen and oxygen atoms in total. The highest BCUT2D eigenvalue weighted by Gasteiger charge is 2.29. The zero-order valence-corrected chi connectivity index (χ0v) is 11.0. The molecule has 0 aliphatic heterocycles. The van der Waals surface area contributed by atoms with E-state index in [0.29, 0.717) is 0 Å². The number of hydrogen-bond acceptors (Lipinski definition) is 4. The van der Waals surface area contributed by atoms with Crippen LogP contribution in [0, 0.1) is 15.9 Å². The summed E-state index contributed by atoms with van der Waals surface area (Å²) in [6.45, 7) is 0. The van der Waals surface area contributed by atoms with Crippen molar-refractivity contribution in [2.75, 3.05) is 0 Å². The van der Waals surface area contributed by atoms with E-state index in [1.165, 1.54) is 6.07 Å². The van der Waals surface area contributed by atoms with Crippen molar-refractivity contribution in [2.45, 2.75) is 31.4 Å². The SMILES string of the molecule is NC1CCCC1Oc1cc(Br)c(F)cc1[N+](=O)[O-]. The molecule has 0 heterocycles. The van der Waals surface area contributed by atoms with Crippen LogP contribution in [-0.2, 0) is 0 Å². The number of rotatable bonds is 3. The van der Waals surface area contributed by atoms with Gasteiger partial charge in [-0.15, -0.1) is 0 Å². The maximum Gasteiger partial charge on any atom is 0.313 e. The van der Waals surface area contributed by atoms with Crippen LogP contribution in [0.1, 0.15) is 19.3 Å². The molecule has 0 bridgehead atoms. The Balaban J connectivity index is 2.30. The number of nitrogens with zero attached hydrogens (tertiary/aromatic N) is 1. The lowest BCUT2D eigenvalue weighted by atomic mass is 10.2. The van der Waals surface area contributed by atoms with Crippen LogP contribution in [-0.4, -0.2) is 17.1 Å². The summed E-state index contributed by atoms with van der Waals surface area (Å²) >= 11 is 2.98. The molecule has 0 amide bonds. The number of nitro groups is 1. The molecule has 2 unspecified atom stereocenters. The number of halogens is 2. The topological polar surface area (TPSA) is 78.4 Å². The van der Waals surface area contributed by atoms with Gasteiger partial charge in [0.1, 0.15) is 11.9 Å². The average Bonchev–Trinajstić information content (AvgIpc) is 2.69. The maximum atomic E-state index is 13.3. The van der Waals surface area contributed by atoms with E-state index < -0.39 is 10.7 Å². The van der Waals surface area contributed by atoms with Crippen molar-refractivity contribution in [2.24, 2.45) is 5.73 Å². The van der Waals surface area contributed by atoms with Crippen molar-refractivity contribution in [3.8, 4) is 5.75 Å². The molecule has 1 saturated carbocycles. The van der Waals surface area contributed by atoms with E-state index >= 15 is 0 Å². The van der Waals surface area contributed by atoms with Crippen LogP contribution in [0.5, 0.6) is 5.75 Å². The summed E-state index contributed by atoms with van der Waals surface area (Å²) in [5.74, 6) is -0.639. The van der Waals surface area contributed by atoms with Crippen molar-refractivity contribution >= 4 is 21.6 Å². The first-order chi connectivity index (χ1) is 8.49. The van der Waals surface area contributed by atoms with Crippen LogP contribution in [0.3, 0.4) is 0 Å². The van der Waals surface area contributed by atoms with Gasteiger partial charge in [0.2, 0.25) is 0 Å². The first kappa shape index (κ1) is 13.2. The normalized spacial score (nSPS) is 23.1. The second-order valence-corrected chi connectivity index (χ2v) is 5.10. The van der Waals surface area contributed by atoms with Crippen molar-refractivity contribution in [3.05, 3.63) is 32.5 Å². The fourth-order valence-electron chi connectivity index (χ4n) is 2.02. The third-order valence-electron chi connectivity index (χ3n) is 2.98. The Morgan fingerprint density at radius 1 is 1.50 bits per heavy atom. The van der Waals surface area contributed by atoms with E-state index in [0.717, 1.165) is 25.3 Å². The number of nitrogens with two attached hydrogens (primary N) is 1. The molecule has 98 valence electrons. The molecule has 0 saturated heterocycles. The molecule has 2 rings (SSSR count). The third kappa shape index (κ3) is 2.62. The Bertz CT molecular complexity index is 484. The molecule has 2 N–H and O–H groups in total. The molecule has 2 atom stereocenters. The van der Waals surface area contributed by atoms with Gasteiger partial charge in [-0.2, -0.15) is 0 Å². The number of ether oxygens (including phenoxy) is 1. The van der Waals surface area contributed by atoms with Gasteiger partial charge in [0.15, 0.2) is 5.75 Å². The molecular formula is C11H12BrFN2O3. The minimum Gasteiger partial charge on any atom is -0.482 e. The van der Waals surface area contributed by atoms with Gasteiger partial charge in [0.05, 0.1) is 15.5 Å². The van der Waals surface area contributed by atoms with E-state index in [4.69, 9.17) is 10.5 Å². The zero-order chi connectivity index (χ0) is 13.3. The lowest BCUT2D eigenvalue weighted by Gasteiger charge is -2.17. The average molecular weight is 319 g/mol. The maximum absolute atomic E-state index is 13.3. The van der Waals surface area contributed by atoms with Crippen molar-refractivity contribution in [1.29, 1.82) is 0 Å². The van der Waals surface area contributed by atoms with Crippen LogP contribution in [0.2, 0.25) is 0 Å². The Morgan fingerprint density at radius 2 is 2.22 bits per heavy atom. The van der Waals surface area contributed by atoms with Gasteiger partial charge in [0.25, 0.3) is 0 Å². The highest BCUT2D eigenvalue weighted by molar-refractivity contribution is 9.10. The molecule has 1 aromatic rings. The van der Waals surface area contributed by atoms with Crippen molar-refractivity contribution < 1.29 is 14.1 Å². The lowest BCUT2D eigenvalue weighted by molar-refractivity contribution is -0.386. The van der Waals surface area contributed by atoms with E-state index in [2.05, 4.69) is 15.9 Å². The van der Waals surface area contributed by atoms with E-state index in [1.807, 2.05) is 0 Å². The molecular weight excluding hydrogens is 307 g/mol. The lowest BCUT2D eigenvalue weighted by Crippen LogP contribution is -2.33. The number of hydrogen-bond donors (Lipinski definition) is 1. The molecule has 0 aromatic heterocycles. The summed E-state index contributed by atoms with van der Waals surface area (Å²) in [5, 5.41) is 10.9. The third-order valence-corrected chi connectivity index (χ3v) is 3.59. The van der Waals surface area contributed by atoms with Crippen molar-refractivity contribution in [3.63, 3.8) is 0 Å². The van der Waals surface area contributed by atoms with Gasteiger partial charge in [-0.3, -0.25) is 10.1 Å². The summed E-state index contributed by atoms with van der Waals surface area (Å²) in [5.41, 5.74) is 5.46. The predicted octanol–water partition coefficient (Wildman–Crippen LogP) is 2.76. The number of nitro benzene ring substituents is 1. The van der Waals surface area contributed by atoms with Gasteiger partial charge in [0, 0.05) is 12.1 Å². The molecule has 1 aromatic carbocycles. The molecule has 1 fully saturated rings. The molecule has 0 spiro atoms. The molecule has 0 radical (unpaired) electrons. The Labute approximate surface area is 111 Å². The fraction of sp³-hybridized carbons (Fsp3) is 0.455. The van der Waals surface area contributed by atoms with Crippen LogP contribution in [0.15, 0.2) is 16.6 Å². The minimum absolute atomic E-state index is 0.0515. The van der Waals surface area contributed by atoms with Gasteiger partial charge in [-0.05, 0) is 35.2 Å². The highest BCUT2D eigenvalue weighted by atomic mass is 79.9. The van der Waals surface area contributed by atoms with Crippen molar-refractivity contribution in [1.82, 2.24) is 0 Å². The van der Waals surface area contributed by atoms with Crippen LogP contribution in [0.25, 0.3) is 0 Å². The van der Waals surface area contributed by atoms with Crippen LogP contribution >= 0.6 is 15.9 Å². The van der Waals surface area contributed by atoms with E-state index in [9.17, 15) is 14.5 Å². The van der Waals surface area contributed by atoms with Crippen LogP contribution < -0.4 is 10.5 Å². The predicted molar refractivity (Wildman–Crippen MR) is 67.0 cm³/mol. The smallest absolute Gasteiger partial charge is 0.313 e. The summed E-state index contributed by atoms with van der Waals surface area (Å²) in [4.78, 5) is 10.2. The standard InChI is InChI=1S/C11H12BrFN2O3/c12-6-4-11(9(15(16)17)5-7(6)13)18-10-3-1-2-8(10)14/h4-5,8,10H,1-3,14H2. The van der Waals surface area contributed by atoms with Gasteiger partial charge >= 0.3 is 5.69 Å². The number of benzene rings is 1. The summed E-state index contributed by atoms with van der Waals surface area (Å²) in [6.07, 6.45) is 2.27. The molecule has 7 heteroatoms. The van der Waals surface area contributed by atoms with Gasteiger partial charge < -0.3 is 10.5 Å². The van der Waals surface area contributed by atoms with Gasteiger partial charge in [-0.25, -0.2) is 4.39 Å². The second kappa shape index (κ2) is 5.19. The largest absolute Gasteiger partial charge is 0.482 e. The van der Waals surface area contributed by atoms with Gasteiger partial charge in [-0.1, -0.05) is 0 Å². The molecule has 1 aliphatic carbocycles. The summed E-state index contributed by atoms with van der Waals surface area (Å²) in [6, 6.07) is 1.99. The first-order valence-electron chi connectivity index (χ1n) is 5.54. The molecule has 1 aliphatic rings. The second-order valence-electron chi connectivity index (χ2n) is 4.24. The van der Waals surface area contributed by atoms with Crippen LogP contribution in [0.4, 0.5) is 10.1 Å². The monoisotopic (exact) mass is 318 g/mol. The van der Waals surface area contributed by atoms with E-state index in [1.54, 1.807) is 0 Å². The zero-order valence-electron chi connectivity index (χ0n) is 9.44.